The number of carbonyl (C=O) groups excluding carboxylic acids is 1. The van der Waals surface area contributed by atoms with Crippen LogP contribution in [0.2, 0.25) is 0 Å². The molecule has 2 fully saturated rings. The number of fused-ring (bicyclic) bond motifs is 1. The Balaban J connectivity index is 1.62. The maximum atomic E-state index is 13.1. The van der Waals surface area contributed by atoms with Gasteiger partial charge >= 0.3 is 0 Å². The fourth-order valence-corrected chi connectivity index (χ4v) is 3.89. The smallest absolute Gasteiger partial charge is 0.257 e. The third kappa shape index (κ3) is 2.51. The van der Waals surface area contributed by atoms with Crippen LogP contribution in [0.15, 0.2) is 30.5 Å². The van der Waals surface area contributed by atoms with Gasteiger partial charge in [0.05, 0.1) is 23.1 Å². The molecule has 2 aromatic rings. The predicted octanol–water partition coefficient (Wildman–Crippen LogP) is 1.87. The number of rotatable bonds is 3. The predicted molar refractivity (Wildman–Crippen MR) is 88.7 cm³/mol. The first-order valence-electron chi connectivity index (χ1n) is 8.50. The van der Waals surface area contributed by atoms with Crippen molar-refractivity contribution in [3.8, 4) is 5.69 Å². The third-order valence-electron chi connectivity index (χ3n) is 5.18. The first-order valence-corrected chi connectivity index (χ1v) is 8.50. The Hall–Kier alpha value is -2.21. The summed E-state index contributed by atoms with van der Waals surface area (Å²) in [6.45, 7) is 5.66. The van der Waals surface area contributed by atoms with Gasteiger partial charge in [0.15, 0.2) is 0 Å². The largest absolute Gasteiger partial charge is 0.338 e. The van der Waals surface area contributed by atoms with E-state index in [2.05, 4.69) is 10.4 Å². The van der Waals surface area contributed by atoms with Gasteiger partial charge in [0.25, 0.3) is 5.91 Å². The van der Waals surface area contributed by atoms with Crippen LogP contribution in [0.25, 0.3) is 5.69 Å². The number of hydrogen-bond acceptors (Lipinski definition) is 3. The van der Waals surface area contributed by atoms with Crippen molar-refractivity contribution in [1.29, 1.82) is 0 Å². The van der Waals surface area contributed by atoms with Gasteiger partial charge in [-0.15, -0.1) is 0 Å². The van der Waals surface area contributed by atoms with E-state index < -0.39 is 0 Å². The fraction of sp³-hybridized carbons (Fsp3) is 0.444. The molecule has 1 amide bonds. The number of hydrogen-bond donors (Lipinski definition) is 1. The normalized spacial score (nSPS) is 22.8. The maximum absolute atomic E-state index is 13.1. The minimum atomic E-state index is -0.280. The molecule has 1 N–H and O–H groups in total. The lowest BCUT2D eigenvalue weighted by Gasteiger charge is -2.17. The summed E-state index contributed by atoms with van der Waals surface area (Å²) in [5, 5.41) is 7.78. The lowest BCUT2D eigenvalue weighted by Crippen LogP contribution is -2.32. The molecule has 2 aliphatic rings. The highest BCUT2D eigenvalue weighted by molar-refractivity contribution is 5.95. The molecule has 1 aromatic carbocycles. The molecule has 0 unspecified atom stereocenters. The van der Waals surface area contributed by atoms with Gasteiger partial charge in [-0.2, -0.15) is 5.10 Å². The summed E-state index contributed by atoms with van der Waals surface area (Å²) in [4.78, 5) is 14.9. The van der Waals surface area contributed by atoms with Crippen LogP contribution in [0.1, 0.15) is 23.0 Å². The van der Waals surface area contributed by atoms with Crippen LogP contribution >= 0.6 is 0 Å². The minimum absolute atomic E-state index is 0.0645. The van der Waals surface area contributed by atoms with Crippen molar-refractivity contribution in [2.75, 3.05) is 26.2 Å². The van der Waals surface area contributed by atoms with E-state index in [0.717, 1.165) is 37.6 Å². The number of likely N-dealkylation sites (tertiary alicyclic amines) is 1. The maximum Gasteiger partial charge on any atom is 0.257 e. The zero-order valence-corrected chi connectivity index (χ0v) is 13.7. The first-order chi connectivity index (χ1) is 11.7. The van der Waals surface area contributed by atoms with E-state index in [-0.39, 0.29) is 11.7 Å². The molecule has 0 spiro atoms. The Bertz CT molecular complexity index is 743. The highest BCUT2D eigenvalue weighted by atomic mass is 19.1. The summed E-state index contributed by atoms with van der Waals surface area (Å²) < 4.78 is 14.9. The van der Waals surface area contributed by atoms with Crippen molar-refractivity contribution in [3.63, 3.8) is 0 Å². The Morgan fingerprint density at radius 2 is 1.92 bits per heavy atom. The van der Waals surface area contributed by atoms with Gasteiger partial charge < -0.3 is 10.2 Å². The molecule has 4 rings (SSSR count). The standard InChI is InChI=1S/C18H21FN4O/c1-2-17-16(9-21-23(17)15-5-3-14(19)4-6-15)18(24)22-10-12-7-20-8-13(12)11-22/h3-6,9,12-13,20H,2,7-8,10-11H2,1H3/t12-,13+. The number of nitrogens with zero attached hydrogens (tertiary/aromatic N) is 3. The van der Waals surface area contributed by atoms with Crippen molar-refractivity contribution >= 4 is 5.91 Å². The summed E-state index contributed by atoms with van der Waals surface area (Å²) in [7, 11) is 0. The van der Waals surface area contributed by atoms with Crippen molar-refractivity contribution < 1.29 is 9.18 Å². The van der Waals surface area contributed by atoms with Crippen molar-refractivity contribution in [1.82, 2.24) is 20.0 Å². The topological polar surface area (TPSA) is 50.2 Å². The first kappa shape index (κ1) is 15.3. The van der Waals surface area contributed by atoms with Gasteiger partial charge in [0.2, 0.25) is 0 Å². The van der Waals surface area contributed by atoms with E-state index in [1.165, 1.54) is 12.1 Å². The van der Waals surface area contributed by atoms with Crippen LogP contribution in [0.5, 0.6) is 0 Å². The van der Waals surface area contributed by atoms with Gasteiger partial charge in [-0.25, -0.2) is 9.07 Å². The number of benzene rings is 1. The summed E-state index contributed by atoms with van der Waals surface area (Å²) in [6, 6.07) is 6.18. The molecule has 5 nitrogen and oxygen atoms in total. The van der Waals surface area contributed by atoms with E-state index in [0.29, 0.717) is 23.8 Å². The molecule has 6 heteroatoms. The second kappa shape index (κ2) is 6.02. The zero-order valence-electron chi connectivity index (χ0n) is 13.7. The molecule has 0 saturated carbocycles. The second-order valence-electron chi connectivity index (χ2n) is 6.64. The van der Waals surface area contributed by atoms with Crippen LogP contribution in [0.3, 0.4) is 0 Å². The number of halogens is 1. The fourth-order valence-electron chi connectivity index (χ4n) is 3.89. The SMILES string of the molecule is CCc1c(C(=O)N2C[C@H]3CNC[C@H]3C2)cnn1-c1ccc(F)cc1. The summed E-state index contributed by atoms with van der Waals surface area (Å²) in [5.74, 6) is 0.935. The quantitative estimate of drug-likeness (QED) is 0.936. The lowest BCUT2D eigenvalue weighted by atomic mass is 10.0. The summed E-state index contributed by atoms with van der Waals surface area (Å²) in [5.41, 5.74) is 2.31. The molecule has 1 aromatic heterocycles. The molecule has 0 bridgehead atoms. The highest BCUT2D eigenvalue weighted by Crippen LogP contribution is 2.28. The summed E-state index contributed by atoms with van der Waals surface area (Å²) in [6.07, 6.45) is 2.34. The Morgan fingerprint density at radius 1 is 1.25 bits per heavy atom. The van der Waals surface area contributed by atoms with Crippen molar-refractivity contribution in [2.45, 2.75) is 13.3 Å². The van der Waals surface area contributed by atoms with Gasteiger partial charge in [-0.3, -0.25) is 4.79 Å². The molecule has 3 heterocycles. The molecule has 126 valence electrons. The van der Waals surface area contributed by atoms with Gasteiger partial charge in [-0.05, 0) is 42.5 Å². The monoisotopic (exact) mass is 328 g/mol. The number of aromatic nitrogens is 2. The second-order valence-corrected chi connectivity index (χ2v) is 6.64. The molecule has 2 atom stereocenters. The highest BCUT2D eigenvalue weighted by Gasteiger charge is 2.39. The Labute approximate surface area is 140 Å². The molecule has 0 radical (unpaired) electrons. The average molecular weight is 328 g/mol. The lowest BCUT2D eigenvalue weighted by molar-refractivity contribution is 0.0780. The molecule has 2 aliphatic heterocycles. The van der Waals surface area contributed by atoms with E-state index in [1.807, 2.05) is 11.8 Å². The van der Waals surface area contributed by atoms with Crippen LogP contribution in [-0.4, -0.2) is 46.8 Å². The van der Waals surface area contributed by atoms with Gasteiger partial charge in [0.1, 0.15) is 5.82 Å². The number of amides is 1. The molecular weight excluding hydrogens is 307 g/mol. The molecular formula is C18H21FN4O. The van der Waals surface area contributed by atoms with E-state index in [4.69, 9.17) is 0 Å². The zero-order chi connectivity index (χ0) is 16.7. The van der Waals surface area contributed by atoms with Crippen LogP contribution in [-0.2, 0) is 6.42 Å². The Morgan fingerprint density at radius 3 is 2.54 bits per heavy atom. The van der Waals surface area contributed by atoms with E-state index in [1.54, 1.807) is 23.0 Å². The van der Waals surface area contributed by atoms with Crippen LogP contribution in [0, 0.1) is 17.7 Å². The number of nitrogens with one attached hydrogen (secondary N) is 1. The van der Waals surface area contributed by atoms with Crippen LogP contribution in [0.4, 0.5) is 4.39 Å². The molecule has 2 saturated heterocycles. The third-order valence-corrected chi connectivity index (χ3v) is 5.18. The van der Waals surface area contributed by atoms with Crippen LogP contribution < -0.4 is 5.32 Å². The molecule has 24 heavy (non-hydrogen) atoms. The van der Waals surface area contributed by atoms with Crippen molar-refractivity contribution in [3.05, 3.63) is 47.5 Å². The van der Waals surface area contributed by atoms with Gasteiger partial charge in [0, 0.05) is 26.2 Å². The Kier molecular flexibility index (Phi) is 3.84. The van der Waals surface area contributed by atoms with E-state index in [9.17, 15) is 9.18 Å². The summed E-state index contributed by atoms with van der Waals surface area (Å²) >= 11 is 0. The van der Waals surface area contributed by atoms with Gasteiger partial charge in [-0.1, -0.05) is 6.92 Å². The van der Waals surface area contributed by atoms with Crippen molar-refractivity contribution in [2.24, 2.45) is 11.8 Å². The van der Waals surface area contributed by atoms with E-state index >= 15 is 0 Å². The molecule has 0 aliphatic carbocycles. The average Bonchev–Trinajstić information content (AvgIpc) is 3.28. The minimum Gasteiger partial charge on any atom is -0.338 e. The number of carbonyl (C=O) groups is 1.